The molecule has 24 heavy (non-hydrogen) atoms. The summed E-state index contributed by atoms with van der Waals surface area (Å²) in [5, 5.41) is 13.5. The van der Waals surface area contributed by atoms with Gasteiger partial charge in [-0.3, -0.25) is 13.9 Å². The SMILES string of the molecule is CCc1nc([C@@H]2CCCN2c2c(C#N)c(=O)n(C)c(=O)n2C)no1. The summed E-state index contributed by atoms with van der Waals surface area (Å²) in [7, 11) is 2.92. The van der Waals surface area contributed by atoms with Gasteiger partial charge in [0.1, 0.15) is 11.9 Å². The Morgan fingerprint density at radius 2 is 2.08 bits per heavy atom. The van der Waals surface area contributed by atoms with E-state index in [9.17, 15) is 14.9 Å². The van der Waals surface area contributed by atoms with Gasteiger partial charge >= 0.3 is 5.69 Å². The molecule has 0 spiro atoms. The van der Waals surface area contributed by atoms with E-state index in [1.807, 2.05) is 17.9 Å². The Morgan fingerprint density at radius 1 is 1.33 bits per heavy atom. The van der Waals surface area contributed by atoms with Gasteiger partial charge in [0, 0.05) is 27.1 Å². The first kappa shape index (κ1) is 16.0. The third-order valence-electron chi connectivity index (χ3n) is 4.35. The lowest BCUT2D eigenvalue weighted by atomic mass is 10.2. The first-order valence-corrected chi connectivity index (χ1v) is 7.78. The summed E-state index contributed by atoms with van der Waals surface area (Å²) >= 11 is 0. The molecule has 0 radical (unpaired) electrons. The third kappa shape index (κ3) is 2.31. The minimum absolute atomic E-state index is 0.0503. The average Bonchev–Trinajstić information content (AvgIpc) is 3.24. The maximum atomic E-state index is 12.3. The fraction of sp³-hybridized carbons (Fsp3) is 0.533. The first-order valence-electron chi connectivity index (χ1n) is 7.78. The molecule has 1 fully saturated rings. The van der Waals surface area contributed by atoms with Crippen LogP contribution in [0.25, 0.3) is 0 Å². The summed E-state index contributed by atoms with van der Waals surface area (Å²) in [5.41, 5.74) is -1.11. The maximum absolute atomic E-state index is 12.3. The summed E-state index contributed by atoms with van der Waals surface area (Å²) in [6.45, 7) is 2.53. The van der Waals surface area contributed by atoms with Crippen LogP contribution >= 0.6 is 0 Å². The fourth-order valence-corrected chi connectivity index (χ4v) is 3.10. The van der Waals surface area contributed by atoms with Gasteiger partial charge in [0.05, 0.1) is 6.04 Å². The predicted molar refractivity (Wildman–Crippen MR) is 84.6 cm³/mol. The van der Waals surface area contributed by atoms with Gasteiger partial charge in [-0.15, -0.1) is 0 Å². The van der Waals surface area contributed by atoms with E-state index in [0.29, 0.717) is 30.5 Å². The van der Waals surface area contributed by atoms with Crippen molar-refractivity contribution < 1.29 is 4.52 Å². The number of aromatic nitrogens is 4. The van der Waals surface area contributed by atoms with E-state index >= 15 is 0 Å². The van der Waals surface area contributed by atoms with Crippen LogP contribution in [-0.2, 0) is 20.5 Å². The van der Waals surface area contributed by atoms with Gasteiger partial charge in [-0.05, 0) is 12.8 Å². The van der Waals surface area contributed by atoms with Crippen LogP contribution in [0.1, 0.15) is 43.1 Å². The summed E-state index contributed by atoms with van der Waals surface area (Å²) in [6.07, 6.45) is 2.24. The van der Waals surface area contributed by atoms with E-state index in [0.717, 1.165) is 17.4 Å². The van der Waals surface area contributed by atoms with Crippen molar-refractivity contribution in [1.29, 1.82) is 5.26 Å². The molecule has 0 unspecified atom stereocenters. The van der Waals surface area contributed by atoms with Gasteiger partial charge in [-0.1, -0.05) is 12.1 Å². The van der Waals surface area contributed by atoms with E-state index in [-0.39, 0.29) is 11.6 Å². The van der Waals surface area contributed by atoms with Crippen molar-refractivity contribution >= 4 is 5.82 Å². The van der Waals surface area contributed by atoms with Gasteiger partial charge in [0.25, 0.3) is 5.56 Å². The summed E-state index contributed by atoms with van der Waals surface area (Å²) < 4.78 is 7.45. The second kappa shape index (κ2) is 5.96. The molecule has 0 aromatic carbocycles. The molecular weight excluding hydrogens is 312 g/mol. The lowest BCUT2D eigenvalue weighted by Crippen LogP contribution is -2.42. The van der Waals surface area contributed by atoms with E-state index in [2.05, 4.69) is 10.1 Å². The van der Waals surface area contributed by atoms with Crippen LogP contribution in [0.3, 0.4) is 0 Å². The molecule has 0 amide bonds. The van der Waals surface area contributed by atoms with Gasteiger partial charge < -0.3 is 9.42 Å². The van der Waals surface area contributed by atoms with Crippen LogP contribution in [-0.4, -0.2) is 25.8 Å². The van der Waals surface area contributed by atoms with Crippen molar-refractivity contribution in [3.63, 3.8) is 0 Å². The number of rotatable bonds is 3. The summed E-state index contributed by atoms with van der Waals surface area (Å²) in [5.74, 6) is 1.37. The second-order valence-corrected chi connectivity index (χ2v) is 5.77. The molecule has 2 aromatic rings. The van der Waals surface area contributed by atoms with E-state index < -0.39 is 11.2 Å². The highest BCUT2D eigenvalue weighted by atomic mass is 16.5. The number of anilines is 1. The Labute approximate surface area is 137 Å². The van der Waals surface area contributed by atoms with Crippen LogP contribution in [0.15, 0.2) is 14.1 Å². The second-order valence-electron chi connectivity index (χ2n) is 5.77. The molecule has 1 aliphatic heterocycles. The molecular formula is C15H18N6O3. The molecule has 3 rings (SSSR count). The molecule has 1 saturated heterocycles. The molecule has 1 aliphatic rings. The smallest absolute Gasteiger partial charge is 0.332 e. The molecule has 9 heteroatoms. The topological polar surface area (TPSA) is 110 Å². The Kier molecular flexibility index (Phi) is 3.97. The normalized spacial score (nSPS) is 17.2. The molecule has 0 saturated carbocycles. The molecule has 1 atom stereocenters. The van der Waals surface area contributed by atoms with Gasteiger partial charge in [-0.25, -0.2) is 4.79 Å². The zero-order valence-corrected chi connectivity index (χ0v) is 13.8. The van der Waals surface area contributed by atoms with E-state index in [1.165, 1.54) is 11.6 Å². The number of hydrogen-bond donors (Lipinski definition) is 0. The Bertz CT molecular complexity index is 932. The summed E-state index contributed by atoms with van der Waals surface area (Å²) in [4.78, 5) is 30.8. The zero-order chi connectivity index (χ0) is 17.4. The van der Waals surface area contributed by atoms with Crippen LogP contribution in [0.5, 0.6) is 0 Å². The highest BCUT2D eigenvalue weighted by Crippen LogP contribution is 2.35. The minimum atomic E-state index is -0.594. The van der Waals surface area contributed by atoms with Crippen LogP contribution in [0.2, 0.25) is 0 Å². The highest BCUT2D eigenvalue weighted by Gasteiger charge is 2.34. The van der Waals surface area contributed by atoms with Crippen LogP contribution < -0.4 is 16.1 Å². The lowest BCUT2D eigenvalue weighted by Gasteiger charge is -2.27. The number of nitrogens with zero attached hydrogens (tertiary/aromatic N) is 6. The van der Waals surface area contributed by atoms with E-state index in [1.54, 1.807) is 7.05 Å². The van der Waals surface area contributed by atoms with Crippen molar-refractivity contribution in [1.82, 2.24) is 19.3 Å². The Balaban J connectivity index is 2.16. The predicted octanol–water partition coefficient (Wildman–Crippen LogP) is 0.243. The quantitative estimate of drug-likeness (QED) is 0.793. The van der Waals surface area contributed by atoms with Crippen molar-refractivity contribution in [3.05, 3.63) is 38.1 Å². The van der Waals surface area contributed by atoms with Gasteiger partial charge in [0.2, 0.25) is 5.89 Å². The molecule has 9 nitrogen and oxygen atoms in total. The minimum Gasteiger partial charge on any atom is -0.346 e. The first-order chi connectivity index (χ1) is 11.5. The van der Waals surface area contributed by atoms with Crippen molar-refractivity contribution in [2.45, 2.75) is 32.2 Å². The van der Waals surface area contributed by atoms with Crippen LogP contribution in [0.4, 0.5) is 5.82 Å². The van der Waals surface area contributed by atoms with Gasteiger partial charge in [0.15, 0.2) is 11.4 Å². The standard InChI is InChI=1S/C15H18N6O3/c1-4-11-17-12(18-24-11)10-6-5-7-21(10)13-9(8-16)14(22)20(3)15(23)19(13)2/h10H,4-7H2,1-3H3/t10-/m0/s1. The average molecular weight is 330 g/mol. The molecule has 2 aromatic heterocycles. The molecule has 126 valence electrons. The number of nitriles is 1. The largest absolute Gasteiger partial charge is 0.346 e. The van der Waals surface area contributed by atoms with Crippen molar-refractivity contribution in [3.8, 4) is 6.07 Å². The molecule has 0 aliphatic carbocycles. The van der Waals surface area contributed by atoms with E-state index in [4.69, 9.17) is 4.52 Å². The van der Waals surface area contributed by atoms with Crippen molar-refractivity contribution in [2.75, 3.05) is 11.4 Å². The number of aryl methyl sites for hydroxylation is 1. The summed E-state index contributed by atoms with van der Waals surface area (Å²) in [6, 6.07) is 1.72. The third-order valence-corrected chi connectivity index (χ3v) is 4.35. The molecule has 0 bridgehead atoms. The number of hydrogen-bond acceptors (Lipinski definition) is 7. The van der Waals surface area contributed by atoms with Crippen LogP contribution in [0, 0.1) is 11.3 Å². The monoisotopic (exact) mass is 330 g/mol. The Morgan fingerprint density at radius 3 is 2.71 bits per heavy atom. The fourth-order valence-electron chi connectivity index (χ4n) is 3.10. The zero-order valence-electron chi connectivity index (χ0n) is 13.8. The van der Waals surface area contributed by atoms with Gasteiger partial charge in [-0.2, -0.15) is 10.2 Å². The lowest BCUT2D eigenvalue weighted by molar-refractivity contribution is 0.373. The van der Waals surface area contributed by atoms with Crippen molar-refractivity contribution in [2.24, 2.45) is 14.1 Å². The molecule has 0 N–H and O–H groups in total. The molecule has 3 heterocycles. The Hall–Kier alpha value is -2.89. The maximum Gasteiger partial charge on any atom is 0.332 e. The highest BCUT2D eigenvalue weighted by molar-refractivity contribution is 5.55.